The van der Waals surface area contributed by atoms with E-state index < -0.39 is 52.8 Å². The van der Waals surface area contributed by atoms with E-state index in [0.29, 0.717) is 5.52 Å². The fourth-order valence-electron chi connectivity index (χ4n) is 5.90. The highest BCUT2D eigenvalue weighted by Crippen LogP contribution is 2.39. The number of carboxylic acid groups (broad SMARTS) is 2. The normalized spacial score (nSPS) is 11.0. The van der Waals surface area contributed by atoms with E-state index in [2.05, 4.69) is 20.8 Å². The second-order valence-corrected chi connectivity index (χ2v) is 14.4. The van der Waals surface area contributed by atoms with E-state index >= 15 is 0 Å². The van der Waals surface area contributed by atoms with Gasteiger partial charge in [0, 0.05) is 45.4 Å². The van der Waals surface area contributed by atoms with Crippen LogP contribution in [0.25, 0.3) is 33.3 Å². The van der Waals surface area contributed by atoms with Gasteiger partial charge in [0.2, 0.25) is 0 Å². The number of amides is 2. The topological polar surface area (TPSA) is 167 Å². The molecule has 8 rings (SSSR count). The third-order valence-electron chi connectivity index (χ3n) is 8.88. The molecule has 0 aliphatic rings. The first kappa shape index (κ1) is 40.0. The summed E-state index contributed by atoms with van der Waals surface area (Å²) in [6.07, 6.45) is 3.13. The Bertz CT molecular complexity index is 2980. The van der Waals surface area contributed by atoms with Crippen LogP contribution in [0.1, 0.15) is 52.8 Å². The van der Waals surface area contributed by atoms with Crippen molar-refractivity contribution in [1.29, 1.82) is 0 Å². The Morgan fingerprint density at radius 3 is 1.58 bits per heavy atom. The van der Waals surface area contributed by atoms with Gasteiger partial charge in [-0.3, -0.25) is 9.59 Å². The SMILES string of the molecule is Cc1ccc(-c2csc(NC(=O)c3cc4c(F)cccn4n3)c2C(=O)O)c(F)c1F.Cc1ccc(-c2csc(NC(=O)c3cc4ccccn4n3)c2C(=O)O)c(F)c1F. The van der Waals surface area contributed by atoms with Gasteiger partial charge in [0.15, 0.2) is 34.7 Å². The highest BCUT2D eigenvalue weighted by atomic mass is 32.1. The lowest BCUT2D eigenvalue weighted by molar-refractivity contribution is 0.0688. The van der Waals surface area contributed by atoms with Gasteiger partial charge < -0.3 is 20.8 Å². The maximum atomic E-state index is 14.4. The number of aryl methyl sites for hydroxylation is 2. The van der Waals surface area contributed by atoms with Crippen LogP contribution in [-0.4, -0.2) is 53.2 Å². The average molecular weight is 845 g/mol. The smallest absolute Gasteiger partial charge is 0.339 e. The van der Waals surface area contributed by atoms with Crippen LogP contribution in [0, 0.1) is 42.9 Å². The van der Waals surface area contributed by atoms with Gasteiger partial charge in [-0.1, -0.05) is 30.3 Å². The second-order valence-electron chi connectivity index (χ2n) is 12.7. The number of nitrogens with one attached hydrogen (secondary N) is 2. The predicted molar refractivity (Wildman–Crippen MR) is 209 cm³/mol. The Morgan fingerprint density at radius 1 is 0.593 bits per heavy atom. The number of benzene rings is 2. The fraction of sp³-hybridized carbons (Fsp3) is 0.0500. The number of hydrogen-bond donors (Lipinski definition) is 4. The highest BCUT2D eigenvalue weighted by molar-refractivity contribution is 7.15. The summed E-state index contributed by atoms with van der Waals surface area (Å²) >= 11 is 1.75. The molecule has 0 saturated carbocycles. The summed E-state index contributed by atoms with van der Waals surface area (Å²) in [5, 5.41) is 34.9. The quantitative estimate of drug-likeness (QED) is 0.110. The Balaban J connectivity index is 0.000000179. The number of nitrogens with zero attached hydrogens (tertiary/aromatic N) is 4. The summed E-state index contributed by atoms with van der Waals surface area (Å²) in [4.78, 5) is 48.7. The number of carbonyl (C=O) groups excluding carboxylic acids is 2. The number of pyridine rings is 2. The molecular weight excluding hydrogens is 820 g/mol. The van der Waals surface area contributed by atoms with Gasteiger partial charge in [-0.25, -0.2) is 40.6 Å². The molecule has 0 unspecified atom stereocenters. The zero-order chi connectivity index (χ0) is 42.3. The first-order valence-corrected chi connectivity index (χ1v) is 18.7. The molecule has 0 radical (unpaired) electrons. The van der Waals surface area contributed by atoms with Crippen molar-refractivity contribution in [2.45, 2.75) is 13.8 Å². The summed E-state index contributed by atoms with van der Waals surface area (Å²) in [6, 6.07) is 16.0. The van der Waals surface area contributed by atoms with Crippen molar-refractivity contribution in [2.75, 3.05) is 10.6 Å². The number of hydrogen-bond acceptors (Lipinski definition) is 8. The van der Waals surface area contributed by atoms with E-state index in [1.807, 2.05) is 0 Å². The van der Waals surface area contributed by atoms with E-state index in [1.165, 1.54) is 82.3 Å². The van der Waals surface area contributed by atoms with E-state index in [4.69, 9.17) is 0 Å². The summed E-state index contributed by atoms with van der Waals surface area (Å²) in [5.41, 5.74) is -0.282. The van der Waals surface area contributed by atoms with Crippen LogP contribution in [0.3, 0.4) is 0 Å². The Morgan fingerprint density at radius 2 is 1.08 bits per heavy atom. The Hall–Kier alpha value is -7.25. The third kappa shape index (κ3) is 7.63. The Labute approximate surface area is 336 Å². The van der Waals surface area contributed by atoms with Crippen molar-refractivity contribution in [3.63, 3.8) is 0 Å². The largest absolute Gasteiger partial charge is 0.478 e. The monoisotopic (exact) mass is 844 g/mol. The molecule has 8 aromatic rings. The molecule has 0 aliphatic heterocycles. The highest BCUT2D eigenvalue weighted by Gasteiger charge is 2.27. The minimum Gasteiger partial charge on any atom is -0.478 e. The lowest BCUT2D eigenvalue weighted by atomic mass is 10.0. The van der Waals surface area contributed by atoms with Gasteiger partial charge in [0.05, 0.1) is 5.52 Å². The minimum absolute atomic E-state index is 0.00920. The molecule has 0 bridgehead atoms. The standard InChI is InChI=1S/C20H12F3N3O3S.C20H13F2N3O3S/c1-9-4-5-10(17(23)16(9)22)11-8-30-19(15(11)20(28)29)24-18(27)13-7-14-12(21)3-2-6-26(14)25-13;1-10-5-6-12(17(22)16(10)21)13-9-29-19(15(13)20(27)28)23-18(26)14-8-11-4-2-3-7-25(11)24-14/h2-8H,1H3,(H,24,27)(H,28,29);2-9H,1H3,(H,23,26)(H,27,28). The molecule has 0 spiro atoms. The second kappa shape index (κ2) is 15.9. The average Bonchev–Trinajstić information content (AvgIpc) is 4.02. The maximum absolute atomic E-state index is 14.4. The molecule has 2 aromatic carbocycles. The number of carbonyl (C=O) groups is 4. The number of aromatic nitrogens is 4. The molecule has 298 valence electrons. The van der Waals surface area contributed by atoms with Gasteiger partial charge in [-0.15, -0.1) is 22.7 Å². The zero-order valence-electron chi connectivity index (χ0n) is 30.2. The van der Waals surface area contributed by atoms with Gasteiger partial charge in [0.25, 0.3) is 11.8 Å². The molecule has 4 N–H and O–H groups in total. The number of anilines is 2. The van der Waals surface area contributed by atoms with Crippen LogP contribution in [0.15, 0.2) is 89.9 Å². The summed E-state index contributed by atoms with van der Waals surface area (Å²) in [7, 11) is 0. The van der Waals surface area contributed by atoms with Gasteiger partial charge in [0.1, 0.15) is 32.5 Å². The molecule has 19 heteroatoms. The molecule has 0 fully saturated rings. The lowest BCUT2D eigenvalue weighted by Crippen LogP contribution is -2.14. The van der Waals surface area contributed by atoms with Crippen LogP contribution >= 0.6 is 22.7 Å². The third-order valence-corrected chi connectivity index (χ3v) is 10.7. The first-order chi connectivity index (χ1) is 28.1. The van der Waals surface area contributed by atoms with Crippen LogP contribution in [-0.2, 0) is 0 Å². The molecule has 0 atom stereocenters. The molecule has 12 nitrogen and oxygen atoms in total. The number of aromatic carboxylic acids is 2. The maximum Gasteiger partial charge on any atom is 0.339 e. The van der Waals surface area contributed by atoms with Gasteiger partial charge in [-0.2, -0.15) is 10.2 Å². The summed E-state index contributed by atoms with van der Waals surface area (Å²) in [6.45, 7) is 2.80. The van der Waals surface area contributed by atoms with E-state index in [-0.39, 0.29) is 71.4 Å². The van der Waals surface area contributed by atoms with Crippen LogP contribution in [0.5, 0.6) is 0 Å². The van der Waals surface area contributed by atoms with E-state index in [0.717, 1.165) is 22.7 Å². The van der Waals surface area contributed by atoms with Crippen LogP contribution in [0.4, 0.5) is 32.0 Å². The molecule has 2 amide bonds. The van der Waals surface area contributed by atoms with Gasteiger partial charge >= 0.3 is 11.9 Å². The minimum atomic E-state index is -1.43. The fourth-order valence-corrected chi connectivity index (χ4v) is 7.80. The van der Waals surface area contributed by atoms with Crippen molar-refractivity contribution in [3.8, 4) is 22.3 Å². The van der Waals surface area contributed by atoms with Crippen LogP contribution < -0.4 is 10.6 Å². The number of thiophene rings is 2. The predicted octanol–water partition coefficient (Wildman–Crippen LogP) is 9.34. The summed E-state index contributed by atoms with van der Waals surface area (Å²) in [5.74, 6) is -9.19. The molecule has 0 aliphatic carbocycles. The summed E-state index contributed by atoms with van der Waals surface area (Å²) < 4.78 is 73.2. The van der Waals surface area contributed by atoms with Crippen molar-refractivity contribution in [3.05, 3.63) is 153 Å². The molecule has 59 heavy (non-hydrogen) atoms. The van der Waals surface area contributed by atoms with E-state index in [1.54, 1.807) is 30.5 Å². The van der Waals surface area contributed by atoms with Crippen molar-refractivity contribution in [1.82, 2.24) is 19.2 Å². The number of carboxylic acids is 2. The number of halogens is 5. The van der Waals surface area contributed by atoms with Crippen LogP contribution in [0.2, 0.25) is 0 Å². The zero-order valence-corrected chi connectivity index (χ0v) is 31.8. The lowest BCUT2D eigenvalue weighted by Gasteiger charge is -2.07. The molecular formula is C40H25F5N6O6S2. The van der Waals surface area contributed by atoms with Gasteiger partial charge in [-0.05, 0) is 61.4 Å². The number of rotatable bonds is 8. The van der Waals surface area contributed by atoms with Crippen molar-refractivity contribution < 1.29 is 51.3 Å². The number of fused-ring (bicyclic) bond motifs is 2. The van der Waals surface area contributed by atoms with E-state index in [9.17, 15) is 51.3 Å². The van der Waals surface area contributed by atoms with Crippen molar-refractivity contribution in [2.24, 2.45) is 0 Å². The van der Waals surface area contributed by atoms with Crippen molar-refractivity contribution >= 4 is 67.5 Å². The first-order valence-electron chi connectivity index (χ1n) is 16.9. The molecule has 0 saturated heterocycles. The molecule has 6 aromatic heterocycles. The molecule has 6 heterocycles. The Kier molecular flexibility index (Phi) is 10.8.